The van der Waals surface area contributed by atoms with Crippen molar-refractivity contribution >= 4 is 42.3 Å². The van der Waals surface area contributed by atoms with Gasteiger partial charge in [0, 0.05) is 12.6 Å². The molecule has 14 nitrogen and oxygen atoms in total. The molecule has 2 atom stereocenters. The number of carboxylic acids is 2. The fourth-order valence-electron chi connectivity index (χ4n) is 2.85. The summed E-state index contributed by atoms with van der Waals surface area (Å²) < 4.78 is 20.3. The van der Waals surface area contributed by atoms with Gasteiger partial charge in [0.2, 0.25) is 13.4 Å². The number of ether oxygens (including phenoxy) is 1. The molecule has 0 bridgehead atoms. The van der Waals surface area contributed by atoms with Crippen LogP contribution in [0.3, 0.4) is 0 Å². The molecule has 0 spiro atoms. The second-order valence-corrected chi connectivity index (χ2v) is 9.87. The van der Waals surface area contributed by atoms with E-state index in [1.807, 2.05) is 0 Å². The van der Waals surface area contributed by atoms with Gasteiger partial charge in [-0.25, -0.2) is 15.2 Å². The van der Waals surface area contributed by atoms with Crippen LogP contribution < -0.4 is 21.2 Å². The lowest BCUT2D eigenvalue weighted by atomic mass is 10.4. The Bertz CT molecular complexity index is 1020. The number of hydrogen-bond donors (Lipinski definition) is 6. The maximum absolute atomic E-state index is 13.1. The number of fused-ring (bicyclic) bond motifs is 1. The van der Waals surface area contributed by atoms with Crippen molar-refractivity contribution in [3.05, 3.63) is 6.33 Å². The molecule has 2 aromatic heterocycles. The van der Waals surface area contributed by atoms with Crippen molar-refractivity contribution in [1.29, 1.82) is 0 Å². The number of rotatable bonds is 13. The number of aromatic nitrogens is 4. The van der Waals surface area contributed by atoms with Crippen molar-refractivity contribution in [3.8, 4) is 0 Å². The zero-order valence-electron chi connectivity index (χ0n) is 17.7. The lowest BCUT2D eigenvalue weighted by molar-refractivity contribution is -0.139. The predicted octanol–water partition coefficient (Wildman–Crippen LogP) is 0.275. The van der Waals surface area contributed by atoms with E-state index >= 15 is 0 Å². The van der Waals surface area contributed by atoms with Gasteiger partial charge in [0.15, 0.2) is 17.0 Å². The number of hydrogen-bond acceptors (Lipinski definition) is 9. The van der Waals surface area contributed by atoms with E-state index in [0.29, 0.717) is 29.6 Å². The van der Waals surface area contributed by atoms with Crippen LogP contribution in [0.2, 0.25) is 0 Å². The van der Waals surface area contributed by atoms with Crippen molar-refractivity contribution in [2.24, 2.45) is 0 Å². The molecule has 1 saturated carbocycles. The highest BCUT2D eigenvalue weighted by Gasteiger charge is 2.31. The maximum atomic E-state index is 13.1. The lowest BCUT2D eigenvalue weighted by Gasteiger charge is -2.24. The minimum atomic E-state index is -3.68. The van der Waals surface area contributed by atoms with E-state index in [0.717, 1.165) is 12.8 Å². The van der Waals surface area contributed by atoms with Gasteiger partial charge >= 0.3 is 11.9 Å². The Balaban J connectivity index is 1.64. The number of imidazole rings is 1. The summed E-state index contributed by atoms with van der Waals surface area (Å²) in [6, 6.07) is -1.99. The first-order chi connectivity index (χ1) is 15.1. The molecule has 32 heavy (non-hydrogen) atoms. The van der Waals surface area contributed by atoms with Gasteiger partial charge < -0.3 is 30.6 Å². The summed E-state index contributed by atoms with van der Waals surface area (Å²) in [5, 5.41) is 26.3. The van der Waals surface area contributed by atoms with Gasteiger partial charge in [-0.1, -0.05) is 0 Å². The van der Waals surface area contributed by atoms with Gasteiger partial charge in [0.25, 0.3) is 0 Å². The van der Waals surface area contributed by atoms with E-state index in [1.54, 1.807) is 10.9 Å². The second-order valence-electron chi connectivity index (χ2n) is 7.61. The largest absolute Gasteiger partial charge is 0.480 e. The summed E-state index contributed by atoms with van der Waals surface area (Å²) in [6.07, 6.45) is 3.27. The number of anilines is 2. The number of nitrogens with two attached hydrogens (primary N) is 1. The zero-order valence-corrected chi connectivity index (χ0v) is 18.6. The number of carboxylic acid groups (broad SMARTS) is 2. The van der Waals surface area contributed by atoms with Crippen LogP contribution >= 0.6 is 7.44 Å². The third kappa shape index (κ3) is 6.13. The van der Waals surface area contributed by atoms with E-state index in [4.69, 9.17) is 20.7 Å². The van der Waals surface area contributed by atoms with Crippen LogP contribution in [0.15, 0.2) is 6.33 Å². The molecule has 1 aliphatic rings. The number of carbonyl (C=O) groups is 2. The van der Waals surface area contributed by atoms with Gasteiger partial charge in [-0.15, -0.1) is 0 Å². The average Bonchev–Trinajstić information content (AvgIpc) is 3.43. The zero-order chi connectivity index (χ0) is 23.5. The fourth-order valence-corrected chi connectivity index (χ4v) is 4.93. The van der Waals surface area contributed by atoms with E-state index in [9.17, 15) is 14.2 Å². The van der Waals surface area contributed by atoms with Crippen LogP contribution in [-0.2, 0) is 25.4 Å². The van der Waals surface area contributed by atoms with Gasteiger partial charge in [-0.05, 0) is 26.7 Å². The molecular formula is C17H27N8O6P. The molecule has 2 aromatic rings. The molecule has 0 amide bonds. The summed E-state index contributed by atoms with van der Waals surface area (Å²) in [7, 11) is -3.68. The molecule has 176 valence electrons. The van der Waals surface area contributed by atoms with Gasteiger partial charge in [0.05, 0.1) is 12.9 Å². The van der Waals surface area contributed by atoms with Crippen LogP contribution in [0.1, 0.15) is 26.7 Å². The van der Waals surface area contributed by atoms with E-state index in [-0.39, 0.29) is 12.6 Å². The van der Waals surface area contributed by atoms with Gasteiger partial charge in [0.1, 0.15) is 18.4 Å². The Hall–Kier alpha value is -2.80. The monoisotopic (exact) mass is 470 g/mol. The third-order valence-corrected chi connectivity index (χ3v) is 6.85. The van der Waals surface area contributed by atoms with Crippen LogP contribution in [-0.4, -0.2) is 72.8 Å². The fraction of sp³-hybridized carbons (Fsp3) is 0.588. The molecule has 7 N–H and O–H groups in total. The SMILES string of the molecule is C[C@H](NP(=O)(COCCn1cnc2c(NC3CC3)nc(N)nc21)N[C@@H](C)C(=O)O)C(=O)O. The summed E-state index contributed by atoms with van der Waals surface area (Å²) in [5.74, 6) is -1.79. The third-order valence-electron chi connectivity index (χ3n) is 4.69. The molecule has 2 heterocycles. The highest BCUT2D eigenvalue weighted by Crippen LogP contribution is 2.37. The topological polar surface area (TPSA) is 207 Å². The molecule has 3 rings (SSSR count). The molecule has 0 aromatic carbocycles. The smallest absolute Gasteiger partial charge is 0.320 e. The molecule has 0 unspecified atom stereocenters. The predicted molar refractivity (Wildman–Crippen MR) is 115 cm³/mol. The maximum Gasteiger partial charge on any atom is 0.320 e. The number of nitrogens with zero attached hydrogens (tertiary/aromatic N) is 4. The van der Waals surface area contributed by atoms with Gasteiger partial charge in [-0.2, -0.15) is 9.97 Å². The quantitative estimate of drug-likeness (QED) is 0.172. The average molecular weight is 470 g/mol. The molecule has 1 fully saturated rings. The highest BCUT2D eigenvalue weighted by molar-refractivity contribution is 7.59. The van der Waals surface area contributed by atoms with E-state index in [2.05, 4.69) is 30.4 Å². The summed E-state index contributed by atoms with van der Waals surface area (Å²) in [4.78, 5) is 35.0. The van der Waals surface area contributed by atoms with Crippen molar-refractivity contribution < 1.29 is 29.1 Å². The number of nitrogens with one attached hydrogen (secondary N) is 3. The minimum absolute atomic E-state index is 0.0804. The lowest BCUT2D eigenvalue weighted by Crippen LogP contribution is -2.41. The highest BCUT2D eigenvalue weighted by atomic mass is 31.2. The van der Waals surface area contributed by atoms with Gasteiger partial charge in [-0.3, -0.25) is 14.2 Å². The Morgan fingerprint density at radius 3 is 2.44 bits per heavy atom. The Morgan fingerprint density at radius 2 is 1.88 bits per heavy atom. The van der Waals surface area contributed by atoms with Crippen LogP contribution in [0.25, 0.3) is 11.2 Å². The first kappa shape index (κ1) is 23.9. The first-order valence-electron chi connectivity index (χ1n) is 10.0. The van der Waals surface area contributed by atoms with Crippen LogP contribution in [0.4, 0.5) is 11.8 Å². The molecule has 1 aliphatic carbocycles. The van der Waals surface area contributed by atoms with Crippen LogP contribution in [0, 0.1) is 0 Å². The second kappa shape index (κ2) is 9.77. The Morgan fingerprint density at radius 1 is 1.25 bits per heavy atom. The Kier molecular flexibility index (Phi) is 7.29. The molecule has 15 heteroatoms. The number of nitrogen functional groups attached to an aromatic ring is 1. The van der Waals surface area contributed by atoms with Crippen molar-refractivity contribution in [2.75, 3.05) is 24.0 Å². The minimum Gasteiger partial charge on any atom is -0.480 e. The summed E-state index contributed by atoms with van der Waals surface area (Å²) in [5.41, 5.74) is 6.91. The van der Waals surface area contributed by atoms with Crippen molar-refractivity contribution in [1.82, 2.24) is 29.7 Å². The van der Waals surface area contributed by atoms with Crippen LogP contribution in [0.5, 0.6) is 0 Å². The summed E-state index contributed by atoms with van der Waals surface area (Å²) >= 11 is 0. The van der Waals surface area contributed by atoms with Crippen molar-refractivity contribution in [2.45, 2.75) is 51.4 Å². The molecular weight excluding hydrogens is 443 g/mol. The normalized spacial score (nSPS) is 16.1. The standard InChI is InChI=1S/C17H27N8O6P/c1-9(15(26)27)23-32(30,24-10(2)16(28)29)8-31-6-5-25-7-19-12-13(20-11-3-4-11)21-17(18)22-14(12)25/h7,9-11H,3-6,8H2,1-2H3,(H,26,27)(H,28,29)(H2,23,24,30)(H3,18,20,21,22)/t9-,10-/m0/s1. The molecule has 0 radical (unpaired) electrons. The van der Waals surface area contributed by atoms with E-state index < -0.39 is 37.8 Å². The molecule has 0 saturated heterocycles. The summed E-state index contributed by atoms with van der Waals surface area (Å²) in [6.45, 7) is 2.98. The van der Waals surface area contributed by atoms with Crippen molar-refractivity contribution in [3.63, 3.8) is 0 Å². The Labute approximate surface area is 183 Å². The number of aliphatic carboxylic acids is 2. The molecule has 0 aliphatic heterocycles. The first-order valence-corrected chi connectivity index (χ1v) is 11.9. The van der Waals surface area contributed by atoms with E-state index in [1.165, 1.54) is 13.8 Å².